The average Bonchev–Trinajstić information content (AvgIpc) is 2.23. The molecule has 1 rings (SSSR count). The Morgan fingerprint density at radius 2 is 1.88 bits per heavy atom. The third-order valence-electron chi connectivity index (χ3n) is 2.86. The fraction of sp³-hybridized carbons (Fsp3) is 0.600. The van der Waals surface area contributed by atoms with Crippen molar-refractivity contribution < 1.29 is 0 Å². The molecule has 0 aliphatic rings. The number of nitrogens with zero attached hydrogens (tertiary/aromatic N) is 1. The zero-order valence-electron chi connectivity index (χ0n) is 11.7. The Morgan fingerprint density at radius 3 is 2.41 bits per heavy atom. The molecule has 0 aliphatic heterocycles. The predicted octanol–water partition coefficient (Wildman–Crippen LogP) is 3.92. The molecule has 96 valence electrons. The summed E-state index contributed by atoms with van der Waals surface area (Å²) in [5, 5.41) is 0. The Hall–Kier alpha value is -1.18. The van der Waals surface area contributed by atoms with E-state index in [1.807, 2.05) is 12.1 Å². The van der Waals surface area contributed by atoms with Gasteiger partial charge in [0, 0.05) is 24.5 Å². The van der Waals surface area contributed by atoms with Crippen LogP contribution >= 0.6 is 0 Å². The van der Waals surface area contributed by atoms with Gasteiger partial charge in [-0.1, -0.05) is 33.8 Å². The Bertz CT molecular complexity index is 339. The molecule has 0 spiro atoms. The zero-order valence-corrected chi connectivity index (χ0v) is 11.7. The quantitative estimate of drug-likeness (QED) is 0.782. The summed E-state index contributed by atoms with van der Waals surface area (Å²) >= 11 is 0. The minimum absolute atomic E-state index is 0.381. The maximum Gasteiger partial charge on any atom is 0.0386 e. The van der Waals surface area contributed by atoms with Crippen LogP contribution < -0.4 is 10.6 Å². The second-order valence-corrected chi connectivity index (χ2v) is 5.89. The van der Waals surface area contributed by atoms with Crippen LogP contribution in [0.4, 0.5) is 11.4 Å². The van der Waals surface area contributed by atoms with Crippen molar-refractivity contribution in [2.75, 3.05) is 23.7 Å². The fourth-order valence-corrected chi connectivity index (χ4v) is 1.83. The standard InChI is InChI=1S/C15H26N2/c1-5-10-17(11-9-15(2,3)4)14-8-6-7-13(16)12-14/h6-8,12H,5,9-11,16H2,1-4H3. The van der Waals surface area contributed by atoms with Gasteiger partial charge in [0.2, 0.25) is 0 Å². The first-order valence-electron chi connectivity index (χ1n) is 6.53. The molecular formula is C15H26N2. The molecule has 2 heteroatoms. The molecule has 2 nitrogen and oxygen atoms in total. The van der Waals surface area contributed by atoms with Crippen molar-refractivity contribution in [2.45, 2.75) is 40.5 Å². The Balaban J connectivity index is 2.71. The number of anilines is 2. The van der Waals surface area contributed by atoms with Crippen molar-refractivity contribution in [2.24, 2.45) is 5.41 Å². The minimum atomic E-state index is 0.381. The van der Waals surface area contributed by atoms with E-state index in [2.05, 4.69) is 44.7 Å². The van der Waals surface area contributed by atoms with Gasteiger partial charge in [-0.3, -0.25) is 0 Å². The summed E-state index contributed by atoms with van der Waals surface area (Å²) in [6.07, 6.45) is 2.36. The molecule has 2 N–H and O–H groups in total. The summed E-state index contributed by atoms with van der Waals surface area (Å²) in [7, 11) is 0. The smallest absolute Gasteiger partial charge is 0.0386 e. The first kappa shape index (κ1) is 13.9. The number of hydrogen-bond donors (Lipinski definition) is 1. The number of benzene rings is 1. The van der Waals surface area contributed by atoms with Crippen LogP contribution in [0.25, 0.3) is 0 Å². The predicted molar refractivity (Wildman–Crippen MR) is 77.4 cm³/mol. The maximum absolute atomic E-state index is 5.85. The summed E-state index contributed by atoms with van der Waals surface area (Å²) in [4.78, 5) is 2.43. The topological polar surface area (TPSA) is 29.3 Å². The molecule has 0 aliphatic carbocycles. The van der Waals surface area contributed by atoms with Crippen LogP contribution in [0.3, 0.4) is 0 Å². The summed E-state index contributed by atoms with van der Waals surface area (Å²) in [5.74, 6) is 0. The van der Waals surface area contributed by atoms with Crippen molar-refractivity contribution in [1.29, 1.82) is 0 Å². The highest BCUT2D eigenvalue weighted by Crippen LogP contribution is 2.23. The van der Waals surface area contributed by atoms with Crippen LogP contribution in [0.2, 0.25) is 0 Å². The molecule has 1 aromatic rings. The average molecular weight is 234 g/mol. The number of rotatable bonds is 5. The molecule has 17 heavy (non-hydrogen) atoms. The molecule has 0 fully saturated rings. The Morgan fingerprint density at radius 1 is 1.18 bits per heavy atom. The lowest BCUT2D eigenvalue weighted by atomic mass is 9.92. The Kier molecular flexibility index (Phi) is 4.86. The van der Waals surface area contributed by atoms with E-state index in [0.717, 1.165) is 18.8 Å². The first-order valence-corrected chi connectivity index (χ1v) is 6.53. The minimum Gasteiger partial charge on any atom is -0.399 e. The van der Waals surface area contributed by atoms with Gasteiger partial charge in [-0.25, -0.2) is 0 Å². The van der Waals surface area contributed by atoms with Crippen LogP contribution in [-0.4, -0.2) is 13.1 Å². The van der Waals surface area contributed by atoms with E-state index in [0.29, 0.717) is 5.41 Å². The fourth-order valence-electron chi connectivity index (χ4n) is 1.83. The van der Waals surface area contributed by atoms with Gasteiger partial charge >= 0.3 is 0 Å². The third-order valence-corrected chi connectivity index (χ3v) is 2.86. The van der Waals surface area contributed by atoms with Crippen molar-refractivity contribution in [3.8, 4) is 0 Å². The van der Waals surface area contributed by atoms with Gasteiger partial charge in [0.1, 0.15) is 0 Å². The second kappa shape index (κ2) is 5.95. The van der Waals surface area contributed by atoms with E-state index in [9.17, 15) is 0 Å². The van der Waals surface area contributed by atoms with Crippen LogP contribution in [0.1, 0.15) is 40.5 Å². The first-order chi connectivity index (χ1) is 7.92. The number of hydrogen-bond acceptors (Lipinski definition) is 2. The van der Waals surface area contributed by atoms with E-state index in [1.54, 1.807) is 0 Å². The lowest BCUT2D eigenvalue weighted by Crippen LogP contribution is -2.28. The maximum atomic E-state index is 5.85. The molecule has 0 saturated carbocycles. The molecule has 0 atom stereocenters. The lowest BCUT2D eigenvalue weighted by Gasteiger charge is -2.28. The molecule has 0 heterocycles. The number of nitrogen functional groups attached to an aromatic ring is 1. The molecule has 1 aromatic carbocycles. The molecule has 0 radical (unpaired) electrons. The summed E-state index contributed by atoms with van der Waals surface area (Å²) in [6, 6.07) is 8.19. The SMILES string of the molecule is CCCN(CCC(C)(C)C)c1cccc(N)c1. The second-order valence-electron chi connectivity index (χ2n) is 5.89. The van der Waals surface area contributed by atoms with Gasteiger partial charge in [0.25, 0.3) is 0 Å². The normalized spacial score (nSPS) is 11.5. The van der Waals surface area contributed by atoms with E-state index in [-0.39, 0.29) is 0 Å². The summed E-state index contributed by atoms with van der Waals surface area (Å²) < 4.78 is 0. The van der Waals surface area contributed by atoms with Crippen LogP contribution in [-0.2, 0) is 0 Å². The van der Waals surface area contributed by atoms with Crippen LogP contribution in [0.5, 0.6) is 0 Å². The van der Waals surface area contributed by atoms with Gasteiger partial charge < -0.3 is 10.6 Å². The van der Waals surface area contributed by atoms with Gasteiger partial charge in [0.15, 0.2) is 0 Å². The van der Waals surface area contributed by atoms with Gasteiger partial charge in [-0.15, -0.1) is 0 Å². The highest BCUT2D eigenvalue weighted by Gasteiger charge is 2.13. The summed E-state index contributed by atoms with van der Waals surface area (Å²) in [6.45, 7) is 11.3. The van der Waals surface area contributed by atoms with E-state index >= 15 is 0 Å². The molecule has 0 bridgehead atoms. The third kappa shape index (κ3) is 5.12. The monoisotopic (exact) mass is 234 g/mol. The number of nitrogens with two attached hydrogens (primary N) is 1. The van der Waals surface area contributed by atoms with E-state index < -0.39 is 0 Å². The van der Waals surface area contributed by atoms with Crippen molar-refractivity contribution >= 4 is 11.4 Å². The van der Waals surface area contributed by atoms with Crippen molar-refractivity contribution in [3.05, 3.63) is 24.3 Å². The molecule has 0 amide bonds. The molecule has 0 saturated heterocycles. The molecule has 0 unspecified atom stereocenters. The van der Waals surface area contributed by atoms with E-state index in [4.69, 9.17) is 5.73 Å². The van der Waals surface area contributed by atoms with Gasteiger partial charge in [-0.2, -0.15) is 0 Å². The highest BCUT2D eigenvalue weighted by molar-refractivity contribution is 5.55. The molecule has 0 aromatic heterocycles. The van der Waals surface area contributed by atoms with Gasteiger partial charge in [-0.05, 0) is 36.5 Å². The van der Waals surface area contributed by atoms with Crippen LogP contribution in [0.15, 0.2) is 24.3 Å². The lowest BCUT2D eigenvalue weighted by molar-refractivity contribution is 0.378. The largest absolute Gasteiger partial charge is 0.399 e. The molecular weight excluding hydrogens is 208 g/mol. The van der Waals surface area contributed by atoms with Crippen molar-refractivity contribution in [3.63, 3.8) is 0 Å². The van der Waals surface area contributed by atoms with Gasteiger partial charge in [0.05, 0.1) is 0 Å². The zero-order chi connectivity index (χ0) is 12.9. The van der Waals surface area contributed by atoms with Crippen LogP contribution in [0, 0.1) is 5.41 Å². The highest BCUT2D eigenvalue weighted by atomic mass is 15.1. The van der Waals surface area contributed by atoms with E-state index in [1.165, 1.54) is 18.5 Å². The van der Waals surface area contributed by atoms with Crippen molar-refractivity contribution in [1.82, 2.24) is 0 Å². The Labute approximate surface area is 106 Å². The summed E-state index contributed by atoms with van der Waals surface area (Å²) in [5.41, 5.74) is 8.32.